The molecule has 0 heterocycles. The van der Waals surface area contributed by atoms with E-state index in [2.05, 4.69) is 5.32 Å². The molecule has 1 rings (SSSR count). The summed E-state index contributed by atoms with van der Waals surface area (Å²) in [6.45, 7) is 2.18. The highest BCUT2D eigenvalue weighted by atomic mass is 35.5. The molecule has 84 valence electrons. The van der Waals surface area contributed by atoms with Gasteiger partial charge in [-0.2, -0.15) is 0 Å². The highest BCUT2D eigenvalue weighted by Crippen LogP contribution is 2.28. The van der Waals surface area contributed by atoms with Crippen LogP contribution in [0.4, 0.5) is 0 Å². The minimum absolute atomic E-state index is 0.325. The fraction of sp³-hybridized carbons (Fsp3) is 0.455. The molecule has 15 heavy (non-hydrogen) atoms. The van der Waals surface area contributed by atoms with Crippen LogP contribution in [0.15, 0.2) is 18.2 Å². The van der Waals surface area contributed by atoms with Crippen molar-refractivity contribution in [3.05, 3.63) is 34.3 Å². The van der Waals surface area contributed by atoms with Crippen LogP contribution in [0.1, 0.15) is 17.2 Å². The van der Waals surface area contributed by atoms with Crippen molar-refractivity contribution in [2.75, 3.05) is 13.6 Å². The van der Waals surface area contributed by atoms with Crippen LogP contribution in [0.5, 0.6) is 0 Å². The topological polar surface area (TPSA) is 52.5 Å². The van der Waals surface area contributed by atoms with Gasteiger partial charge >= 0.3 is 0 Å². The lowest BCUT2D eigenvalue weighted by atomic mass is 9.99. The van der Waals surface area contributed by atoms with E-state index >= 15 is 0 Å². The zero-order valence-electron chi connectivity index (χ0n) is 8.87. The molecule has 3 N–H and O–H groups in total. The third kappa shape index (κ3) is 2.92. The zero-order chi connectivity index (χ0) is 11.4. The zero-order valence-corrected chi connectivity index (χ0v) is 9.62. The molecule has 3 nitrogen and oxygen atoms in total. The number of aliphatic hydroxyl groups excluding tert-OH is 2. The Hall–Kier alpha value is -0.610. The number of nitrogens with one attached hydrogen (secondary N) is 1. The summed E-state index contributed by atoms with van der Waals surface area (Å²) >= 11 is 5.98. The van der Waals surface area contributed by atoms with E-state index in [0.29, 0.717) is 17.1 Å². The van der Waals surface area contributed by atoms with Gasteiger partial charge in [0.2, 0.25) is 0 Å². The van der Waals surface area contributed by atoms with E-state index in [9.17, 15) is 10.2 Å². The molecule has 1 aromatic rings. The number of rotatable bonds is 4. The molecular weight excluding hydrogens is 214 g/mol. The van der Waals surface area contributed by atoms with Gasteiger partial charge in [0.25, 0.3) is 0 Å². The van der Waals surface area contributed by atoms with Gasteiger partial charge in [0, 0.05) is 17.1 Å². The van der Waals surface area contributed by atoms with Crippen molar-refractivity contribution in [3.63, 3.8) is 0 Å². The molecule has 0 aliphatic heterocycles. The number of benzene rings is 1. The second-order valence-corrected chi connectivity index (χ2v) is 3.95. The van der Waals surface area contributed by atoms with Crippen LogP contribution < -0.4 is 5.32 Å². The number of hydrogen-bond donors (Lipinski definition) is 3. The Morgan fingerprint density at radius 2 is 2.07 bits per heavy atom. The van der Waals surface area contributed by atoms with Crippen molar-refractivity contribution >= 4 is 11.6 Å². The van der Waals surface area contributed by atoms with E-state index < -0.39 is 12.2 Å². The van der Waals surface area contributed by atoms with Crippen molar-refractivity contribution in [3.8, 4) is 0 Å². The summed E-state index contributed by atoms with van der Waals surface area (Å²) in [5, 5.41) is 22.8. The lowest BCUT2D eigenvalue weighted by Gasteiger charge is -2.20. The number of aryl methyl sites for hydroxylation is 1. The molecule has 0 radical (unpaired) electrons. The first-order valence-corrected chi connectivity index (χ1v) is 5.21. The van der Waals surface area contributed by atoms with Crippen molar-refractivity contribution in [2.24, 2.45) is 0 Å². The summed E-state index contributed by atoms with van der Waals surface area (Å²) in [6, 6.07) is 5.38. The van der Waals surface area contributed by atoms with Gasteiger partial charge in [-0.3, -0.25) is 0 Å². The maximum atomic E-state index is 9.91. The predicted molar refractivity (Wildman–Crippen MR) is 61.1 cm³/mol. The molecule has 0 fully saturated rings. The largest absolute Gasteiger partial charge is 0.389 e. The average molecular weight is 230 g/mol. The SMILES string of the molecule is CNCC(O)C(O)c1c(C)cccc1Cl. The normalized spacial score (nSPS) is 15.0. The highest BCUT2D eigenvalue weighted by molar-refractivity contribution is 6.31. The van der Waals surface area contributed by atoms with Gasteiger partial charge < -0.3 is 15.5 Å². The second-order valence-electron chi connectivity index (χ2n) is 3.54. The quantitative estimate of drug-likeness (QED) is 0.729. The maximum Gasteiger partial charge on any atom is 0.108 e. The molecule has 0 amide bonds. The first-order chi connectivity index (χ1) is 7.07. The minimum atomic E-state index is -0.953. The molecule has 0 aromatic heterocycles. The Morgan fingerprint density at radius 1 is 1.40 bits per heavy atom. The van der Waals surface area contributed by atoms with Crippen molar-refractivity contribution in [2.45, 2.75) is 19.1 Å². The van der Waals surface area contributed by atoms with Crippen LogP contribution in [0.3, 0.4) is 0 Å². The number of hydrogen-bond acceptors (Lipinski definition) is 3. The van der Waals surface area contributed by atoms with Gasteiger partial charge in [-0.15, -0.1) is 0 Å². The van der Waals surface area contributed by atoms with Gasteiger partial charge in [0.05, 0.1) is 6.10 Å². The van der Waals surface area contributed by atoms with Gasteiger partial charge in [0.15, 0.2) is 0 Å². The lowest BCUT2D eigenvalue weighted by molar-refractivity contribution is 0.0199. The molecule has 0 saturated carbocycles. The summed E-state index contributed by atoms with van der Waals surface area (Å²) in [7, 11) is 1.72. The van der Waals surface area contributed by atoms with Crippen molar-refractivity contribution < 1.29 is 10.2 Å². The number of likely N-dealkylation sites (N-methyl/N-ethyl adjacent to an activating group) is 1. The molecule has 1 aromatic carbocycles. The highest BCUT2D eigenvalue weighted by Gasteiger charge is 2.21. The van der Waals surface area contributed by atoms with E-state index in [1.54, 1.807) is 13.1 Å². The molecule has 0 spiro atoms. The Morgan fingerprint density at radius 3 is 2.60 bits per heavy atom. The third-order valence-corrected chi connectivity index (χ3v) is 2.67. The second kappa shape index (κ2) is 5.47. The molecule has 0 aliphatic rings. The van der Waals surface area contributed by atoms with Crippen LogP contribution in [0.25, 0.3) is 0 Å². The molecule has 2 unspecified atom stereocenters. The summed E-state index contributed by atoms with van der Waals surface area (Å²) in [5.41, 5.74) is 1.48. The maximum absolute atomic E-state index is 9.91. The van der Waals surface area contributed by atoms with Crippen molar-refractivity contribution in [1.29, 1.82) is 0 Å². The lowest BCUT2D eigenvalue weighted by Crippen LogP contribution is -2.30. The predicted octanol–water partition coefficient (Wildman–Crippen LogP) is 1.26. The Labute approximate surface area is 94.7 Å². The Bertz CT molecular complexity index is 310. The van der Waals surface area contributed by atoms with Crippen LogP contribution in [-0.2, 0) is 0 Å². The smallest absolute Gasteiger partial charge is 0.108 e. The van der Waals surface area contributed by atoms with E-state index in [4.69, 9.17) is 11.6 Å². The summed E-state index contributed by atoms with van der Waals surface area (Å²) in [4.78, 5) is 0. The fourth-order valence-electron chi connectivity index (χ4n) is 1.53. The van der Waals surface area contributed by atoms with Crippen molar-refractivity contribution in [1.82, 2.24) is 5.32 Å². The third-order valence-electron chi connectivity index (χ3n) is 2.34. The minimum Gasteiger partial charge on any atom is -0.389 e. The van der Waals surface area contributed by atoms with Gasteiger partial charge in [-0.05, 0) is 25.6 Å². The van der Waals surface area contributed by atoms with E-state index in [0.717, 1.165) is 5.56 Å². The number of halogens is 1. The average Bonchev–Trinajstić information content (AvgIpc) is 2.17. The van der Waals surface area contributed by atoms with E-state index in [-0.39, 0.29) is 0 Å². The monoisotopic (exact) mass is 229 g/mol. The summed E-state index contributed by atoms with van der Waals surface area (Å²) < 4.78 is 0. The van der Waals surface area contributed by atoms with Crippen LogP contribution in [0, 0.1) is 6.92 Å². The van der Waals surface area contributed by atoms with E-state index in [1.165, 1.54) is 0 Å². The standard InChI is InChI=1S/C11H16ClNO2/c1-7-4-3-5-8(12)10(7)11(15)9(14)6-13-2/h3-5,9,11,13-15H,6H2,1-2H3. The first kappa shape index (κ1) is 12.5. The molecule has 0 aliphatic carbocycles. The Kier molecular flexibility index (Phi) is 4.54. The van der Waals surface area contributed by atoms with Gasteiger partial charge in [0.1, 0.15) is 6.10 Å². The molecule has 4 heteroatoms. The Balaban J connectivity index is 2.94. The fourth-order valence-corrected chi connectivity index (χ4v) is 1.87. The van der Waals surface area contributed by atoms with E-state index in [1.807, 2.05) is 19.1 Å². The first-order valence-electron chi connectivity index (χ1n) is 4.83. The molecule has 0 bridgehead atoms. The van der Waals surface area contributed by atoms with Crippen LogP contribution in [0.2, 0.25) is 5.02 Å². The van der Waals surface area contributed by atoms with Crippen LogP contribution >= 0.6 is 11.6 Å². The molecule has 0 saturated heterocycles. The summed E-state index contributed by atoms with van der Waals surface area (Å²) in [6.07, 6.45) is -1.81. The molecule has 2 atom stereocenters. The molecular formula is C11H16ClNO2. The van der Waals surface area contributed by atoms with Gasteiger partial charge in [-0.1, -0.05) is 23.7 Å². The summed E-state index contributed by atoms with van der Waals surface area (Å²) in [5.74, 6) is 0. The van der Waals surface area contributed by atoms with Crippen LogP contribution in [-0.4, -0.2) is 29.9 Å². The number of aliphatic hydroxyl groups is 2. The van der Waals surface area contributed by atoms with Gasteiger partial charge in [-0.25, -0.2) is 0 Å².